The molecule has 2 nitrogen and oxygen atoms in total. The van der Waals surface area contributed by atoms with E-state index in [4.69, 9.17) is 0 Å². The molecule has 0 aliphatic carbocycles. The number of carbonyl (C=O) groups is 2. The number of rotatable bonds is 42. The van der Waals surface area contributed by atoms with Crippen LogP contribution >= 0.6 is 0 Å². The summed E-state index contributed by atoms with van der Waals surface area (Å²) in [5, 5.41) is 0. The Balaban J connectivity index is 0. The third-order valence-electron chi connectivity index (χ3n) is 11.0. The summed E-state index contributed by atoms with van der Waals surface area (Å²) in [5.74, 6) is 0.494. The van der Waals surface area contributed by atoms with E-state index in [1.807, 2.05) is 13.8 Å². The molecule has 0 heterocycles. The van der Waals surface area contributed by atoms with Gasteiger partial charge in [0.2, 0.25) is 0 Å². The highest BCUT2D eigenvalue weighted by atomic mass is 16.1. The normalized spacial score (nSPS) is 11.0. The van der Waals surface area contributed by atoms with Crippen LogP contribution in [0.2, 0.25) is 0 Å². The van der Waals surface area contributed by atoms with E-state index < -0.39 is 0 Å². The Hall–Kier alpha value is -1.18. The third-order valence-corrected chi connectivity index (χ3v) is 11.0. The quantitative estimate of drug-likeness (QED) is 0.0463. The lowest BCUT2D eigenvalue weighted by Crippen LogP contribution is -1.97. The Morgan fingerprint density at radius 2 is 0.404 bits per heavy atom. The first-order chi connectivity index (χ1) is 25.4. The molecular formula is C50H96O2. The number of allylic oxidation sites excluding steroid dienone is 2. The highest BCUT2D eigenvalue weighted by Crippen LogP contribution is 2.17. The maximum Gasteiger partial charge on any atom is 0.157 e. The van der Waals surface area contributed by atoms with Gasteiger partial charge in [-0.3, -0.25) is 9.59 Å². The van der Waals surface area contributed by atoms with Gasteiger partial charge in [0.1, 0.15) is 0 Å². The number of ketones is 2. The zero-order valence-corrected chi connectivity index (χ0v) is 36.5. The molecule has 0 aromatic carbocycles. The van der Waals surface area contributed by atoms with Gasteiger partial charge in [0.05, 0.1) is 0 Å². The Morgan fingerprint density at radius 1 is 0.269 bits per heavy atom. The molecule has 0 fully saturated rings. The molecule has 0 bridgehead atoms. The zero-order chi connectivity index (χ0) is 38.6. The molecule has 0 saturated heterocycles. The lowest BCUT2D eigenvalue weighted by atomic mass is 10.0. The average Bonchev–Trinajstić information content (AvgIpc) is 3.13. The largest absolute Gasteiger partial charge is 0.295 e. The van der Waals surface area contributed by atoms with Crippen LogP contribution in [-0.4, -0.2) is 11.6 Å². The van der Waals surface area contributed by atoms with E-state index in [0.717, 1.165) is 12.8 Å². The summed E-state index contributed by atoms with van der Waals surface area (Å²) in [6.45, 7) is 15.6. The van der Waals surface area contributed by atoms with E-state index in [2.05, 4.69) is 27.0 Å². The first-order valence-corrected chi connectivity index (χ1v) is 23.7. The Bertz CT molecular complexity index is 700. The van der Waals surface area contributed by atoms with Gasteiger partial charge in [-0.15, -0.1) is 0 Å². The summed E-state index contributed by atoms with van der Waals surface area (Å²) in [4.78, 5) is 22.9. The molecule has 0 radical (unpaired) electrons. The van der Waals surface area contributed by atoms with Crippen molar-refractivity contribution in [3.8, 4) is 0 Å². The molecule has 0 aromatic rings. The summed E-state index contributed by atoms with van der Waals surface area (Å²) in [6.07, 6.45) is 54.3. The molecule has 52 heavy (non-hydrogen) atoms. The van der Waals surface area contributed by atoms with Crippen LogP contribution in [0.3, 0.4) is 0 Å². The first kappa shape index (κ1) is 52.9. The fourth-order valence-corrected chi connectivity index (χ4v) is 7.15. The summed E-state index contributed by atoms with van der Waals surface area (Å²) < 4.78 is 0. The second kappa shape index (κ2) is 46.0. The van der Waals surface area contributed by atoms with E-state index in [9.17, 15) is 9.59 Å². The fraction of sp³-hybridized carbons (Fsp3) is 0.880. The van der Waals surface area contributed by atoms with E-state index in [1.165, 1.54) is 231 Å². The molecule has 0 rings (SSSR count). The molecule has 0 N–H and O–H groups in total. The molecule has 0 atom stereocenters. The maximum absolute atomic E-state index is 11.4. The number of Topliss-reactive ketones (excluding diaryl/α,β-unsaturated/α-hetero) is 2. The van der Waals surface area contributed by atoms with Gasteiger partial charge in [0, 0.05) is 12.8 Å². The van der Waals surface area contributed by atoms with Crippen LogP contribution in [-0.2, 0) is 9.59 Å². The smallest absolute Gasteiger partial charge is 0.157 e. The molecule has 0 unspecified atom stereocenters. The highest BCUT2D eigenvalue weighted by Gasteiger charge is 2.03. The molecule has 308 valence electrons. The van der Waals surface area contributed by atoms with Crippen molar-refractivity contribution in [2.24, 2.45) is 0 Å². The van der Waals surface area contributed by atoms with Crippen LogP contribution in [0.1, 0.15) is 285 Å². The van der Waals surface area contributed by atoms with Crippen LogP contribution in [0.5, 0.6) is 0 Å². The Labute approximate surface area is 329 Å². The standard InChI is InChI=1S/2C25H48O/c2*1-4-5-6-7-8-9-10-11-12-13-14-15-16-17-18-19-20-21-22-23-25(26)24(2)3/h2*2,4-23H2,1,3H3. The van der Waals surface area contributed by atoms with E-state index in [-0.39, 0.29) is 11.6 Å². The lowest BCUT2D eigenvalue weighted by Gasteiger charge is -2.04. The molecule has 0 spiro atoms. The van der Waals surface area contributed by atoms with Crippen molar-refractivity contribution in [1.82, 2.24) is 0 Å². The van der Waals surface area contributed by atoms with Crippen LogP contribution in [0.15, 0.2) is 24.3 Å². The van der Waals surface area contributed by atoms with Crippen LogP contribution in [0.25, 0.3) is 0 Å². The van der Waals surface area contributed by atoms with Crippen molar-refractivity contribution in [2.45, 2.75) is 285 Å². The van der Waals surface area contributed by atoms with Crippen molar-refractivity contribution >= 4 is 11.6 Å². The SMILES string of the molecule is C=C(C)C(=O)CCCCCCCCCCCCCCCCCCCCC.C=C(C)C(=O)CCCCCCCCCCCCCCCCCCCCC. The van der Waals surface area contributed by atoms with Crippen molar-refractivity contribution in [3.63, 3.8) is 0 Å². The zero-order valence-electron chi connectivity index (χ0n) is 36.5. The minimum absolute atomic E-state index is 0.247. The second-order valence-electron chi connectivity index (χ2n) is 16.6. The van der Waals surface area contributed by atoms with Gasteiger partial charge in [0.15, 0.2) is 11.6 Å². The van der Waals surface area contributed by atoms with Crippen LogP contribution in [0.4, 0.5) is 0 Å². The predicted molar refractivity (Wildman–Crippen MR) is 236 cm³/mol. The molecule has 0 aliphatic rings. The predicted octanol–water partition coefficient (Wildman–Crippen LogP) is 17.9. The maximum atomic E-state index is 11.4. The van der Waals surface area contributed by atoms with Gasteiger partial charge in [-0.25, -0.2) is 0 Å². The Kier molecular flexibility index (Phi) is 46.8. The van der Waals surface area contributed by atoms with Gasteiger partial charge < -0.3 is 0 Å². The number of hydrogen-bond acceptors (Lipinski definition) is 2. The van der Waals surface area contributed by atoms with Gasteiger partial charge in [0.25, 0.3) is 0 Å². The minimum Gasteiger partial charge on any atom is -0.295 e. The van der Waals surface area contributed by atoms with E-state index >= 15 is 0 Å². The number of unbranched alkanes of at least 4 members (excludes halogenated alkanes) is 36. The first-order valence-electron chi connectivity index (χ1n) is 23.7. The van der Waals surface area contributed by atoms with E-state index in [0.29, 0.717) is 24.0 Å². The summed E-state index contributed by atoms with van der Waals surface area (Å²) in [5.41, 5.74) is 1.43. The van der Waals surface area contributed by atoms with Gasteiger partial charge in [-0.05, 0) is 37.8 Å². The third kappa shape index (κ3) is 46.8. The second-order valence-corrected chi connectivity index (χ2v) is 16.6. The lowest BCUT2D eigenvalue weighted by molar-refractivity contribution is -0.116. The molecule has 0 saturated carbocycles. The summed E-state index contributed by atoms with van der Waals surface area (Å²) in [6, 6.07) is 0. The molecule has 0 amide bonds. The molecule has 0 aliphatic heterocycles. The van der Waals surface area contributed by atoms with Gasteiger partial charge >= 0.3 is 0 Å². The summed E-state index contributed by atoms with van der Waals surface area (Å²) in [7, 11) is 0. The van der Waals surface area contributed by atoms with Crippen molar-refractivity contribution in [1.29, 1.82) is 0 Å². The number of carbonyl (C=O) groups excluding carboxylic acids is 2. The van der Waals surface area contributed by atoms with Gasteiger partial charge in [-0.2, -0.15) is 0 Å². The molecule has 2 heteroatoms. The molecule has 0 aromatic heterocycles. The average molecular weight is 729 g/mol. The topological polar surface area (TPSA) is 34.1 Å². The van der Waals surface area contributed by atoms with E-state index in [1.54, 1.807) is 0 Å². The fourth-order valence-electron chi connectivity index (χ4n) is 7.15. The molecular weight excluding hydrogens is 633 g/mol. The van der Waals surface area contributed by atoms with Crippen molar-refractivity contribution < 1.29 is 9.59 Å². The van der Waals surface area contributed by atoms with Crippen LogP contribution < -0.4 is 0 Å². The summed E-state index contributed by atoms with van der Waals surface area (Å²) >= 11 is 0. The van der Waals surface area contributed by atoms with Crippen LogP contribution in [0, 0.1) is 0 Å². The Morgan fingerprint density at radius 3 is 0.538 bits per heavy atom. The number of hydrogen-bond donors (Lipinski definition) is 0. The van der Waals surface area contributed by atoms with Crippen molar-refractivity contribution in [2.75, 3.05) is 0 Å². The van der Waals surface area contributed by atoms with Gasteiger partial charge in [-0.1, -0.05) is 258 Å². The monoisotopic (exact) mass is 729 g/mol. The minimum atomic E-state index is 0.247. The van der Waals surface area contributed by atoms with Crippen molar-refractivity contribution in [3.05, 3.63) is 24.3 Å². The highest BCUT2D eigenvalue weighted by molar-refractivity contribution is 5.94.